The lowest BCUT2D eigenvalue weighted by Crippen LogP contribution is -2.37. The van der Waals surface area contributed by atoms with Crippen molar-refractivity contribution in [2.75, 3.05) is 19.6 Å². The third-order valence-electron chi connectivity index (χ3n) is 4.05. The van der Waals surface area contributed by atoms with Gasteiger partial charge in [-0.25, -0.2) is 0 Å². The highest BCUT2D eigenvalue weighted by molar-refractivity contribution is 9.10. The predicted molar refractivity (Wildman–Crippen MR) is 75.4 cm³/mol. The monoisotopic (exact) mass is 312 g/mol. The second-order valence-corrected chi connectivity index (χ2v) is 6.40. The van der Waals surface area contributed by atoms with Crippen LogP contribution in [0, 0.1) is 5.92 Å². The van der Waals surface area contributed by atoms with Gasteiger partial charge in [0.25, 0.3) is 0 Å². The van der Waals surface area contributed by atoms with E-state index < -0.39 is 0 Å². The fraction of sp³-hybridized carbons (Fsp3) is 0.714. The fourth-order valence-electron chi connectivity index (χ4n) is 2.80. The average Bonchev–Trinajstić information content (AvgIpc) is 3.16. The molecule has 1 saturated heterocycles. The van der Waals surface area contributed by atoms with Crippen molar-refractivity contribution in [3.63, 3.8) is 0 Å². The Bertz CT molecular complexity index is 383. The smallest absolute Gasteiger partial charge is 0.131 e. The quantitative estimate of drug-likeness (QED) is 0.906. The molecule has 1 aliphatic carbocycles. The van der Waals surface area contributed by atoms with Crippen LogP contribution in [0.4, 0.5) is 0 Å². The van der Waals surface area contributed by atoms with Crippen LogP contribution >= 0.6 is 15.9 Å². The van der Waals surface area contributed by atoms with Crippen LogP contribution in [-0.4, -0.2) is 30.6 Å². The molecule has 100 valence electrons. The number of halogens is 1. The first-order valence-electron chi connectivity index (χ1n) is 6.99. The minimum Gasteiger partial charge on any atom is -0.467 e. The summed E-state index contributed by atoms with van der Waals surface area (Å²) in [5.74, 6) is 1.94. The molecule has 0 unspecified atom stereocenters. The minimum atomic E-state index is 0.803. The van der Waals surface area contributed by atoms with Gasteiger partial charge in [-0.2, -0.15) is 0 Å². The number of nitrogens with one attached hydrogen (secondary N) is 1. The molecule has 0 bridgehead atoms. The van der Waals surface area contributed by atoms with Crippen molar-refractivity contribution in [3.8, 4) is 0 Å². The first-order chi connectivity index (χ1) is 8.83. The Kier molecular flexibility index (Phi) is 4.07. The molecule has 1 aromatic heterocycles. The Morgan fingerprint density at radius 2 is 2.06 bits per heavy atom. The molecule has 0 aromatic carbocycles. The third kappa shape index (κ3) is 3.16. The topological polar surface area (TPSA) is 28.4 Å². The van der Waals surface area contributed by atoms with Crippen LogP contribution in [0.2, 0.25) is 0 Å². The maximum absolute atomic E-state index is 5.56. The molecule has 18 heavy (non-hydrogen) atoms. The molecule has 0 spiro atoms. The molecule has 1 saturated carbocycles. The highest BCUT2D eigenvalue weighted by atomic mass is 79.9. The van der Waals surface area contributed by atoms with Crippen LogP contribution in [0.5, 0.6) is 0 Å². The summed E-state index contributed by atoms with van der Waals surface area (Å²) in [5, 5.41) is 3.44. The summed E-state index contributed by atoms with van der Waals surface area (Å²) < 4.78 is 6.67. The fourth-order valence-corrected chi connectivity index (χ4v) is 3.13. The zero-order valence-electron chi connectivity index (χ0n) is 10.7. The van der Waals surface area contributed by atoms with Gasteiger partial charge in [0, 0.05) is 12.6 Å². The Morgan fingerprint density at radius 3 is 2.67 bits per heavy atom. The normalized spacial score (nSPS) is 21.7. The number of rotatable bonds is 5. The zero-order valence-corrected chi connectivity index (χ0v) is 12.3. The van der Waals surface area contributed by atoms with Crippen molar-refractivity contribution in [1.29, 1.82) is 0 Å². The molecule has 4 heteroatoms. The summed E-state index contributed by atoms with van der Waals surface area (Å²) in [4.78, 5) is 2.62. The number of piperidine rings is 1. The molecular weight excluding hydrogens is 292 g/mol. The van der Waals surface area contributed by atoms with E-state index in [4.69, 9.17) is 4.42 Å². The minimum absolute atomic E-state index is 0.803. The van der Waals surface area contributed by atoms with E-state index >= 15 is 0 Å². The molecule has 2 heterocycles. The maximum atomic E-state index is 5.56. The molecule has 0 amide bonds. The summed E-state index contributed by atoms with van der Waals surface area (Å²) in [6.45, 7) is 4.57. The Morgan fingerprint density at radius 1 is 1.28 bits per heavy atom. The number of hydrogen-bond donors (Lipinski definition) is 1. The van der Waals surface area contributed by atoms with Crippen LogP contribution in [0.25, 0.3) is 0 Å². The molecule has 1 aliphatic heterocycles. The summed E-state index contributed by atoms with van der Waals surface area (Å²) in [7, 11) is 0. The Labute approximate surface area is 117 Å². The molecule has 0 radical (unpaired) electrons. The van der Waals surface area contributed by atoms with Gasteiger partial charge in [0.15, 0.2) is 0 Å². The molecule has 2 fully saturated rings. The largest absolute Gasteiger partial charge is 0.467 e. The molecule has 1 aromatic rings. The lowest BCUT2D eigenvalue weighted by molar-refractivity contribution is 0.178. The van der Waals surface area contributed by atoms with Gasteiger partial charge in [0.1, 0.15) is 5.76 Å². The maximum Gasteiger partial charge on any atom is 0.131 e. The molecule has 2 aliphatic rings. The lowest BCUT2D eigenvalue weighted by Gasteiger charge is -2.29. The Hall–Kier alpha value is -0.320. The van der Waals surface area contributed by atoms with Gasteiger partial charge >= 0.3 is 0 Å². The third-order valence-corrected chi connectivity index (χ3v) is 4.76. The summed E-state index contributed by atoms with van der Waals surface area (Å²) in [6.07, 6.45) is 7.15. The average molecular weight is 313 g/mol. The summed E-state index contributed by atoms with van der Waals surface area (Å²) >= 11 is 3.56. The number of hydrogen-bond acceptors (Lipinski definition) is 3. The molecule has 0 atom stereocenters. The predicted octanol–water partition coefficient (Wildman–Crippen LogP) is 3.01. The molecule has 3 nitrogen and oxygen atoms in total. The van der Waals surface area contributed by atoms with Crippen molar-refractivity contribution in [3.05, 3.63) is 22.6 Å². The first kappa shape index (κ1) is 12.7. The first-order valence-corrected chi connectivity index (χ1v) is 7.79. The highest BCUT2D eigenvalue weighted by Gasteiger charge is 2.31. The van der Waals surface area contributed by atoms with E-state index in [9.17, 15) is 0 Å². The van der Waals surface area contributed by atoms with Crippen molar-refractivity contribution in [2.24, 2.45) is 5.92 Å². The SMILES string of the molecule is Brc1ccoc1CN(CC1CCNCC1)C1CC1. The van der Waals surface area contributed by atoms with Gasteiger partial charge in [0.2, 0.25) is 0 Å². The highest BCUT2D eigenvalue weighted by Crippen LogP contribution is 2.31. The van der Waals surface area contributed by atoms with Crippen LogP contribution in [0.3, 0.4) is 0 Å². The van der Waals surface area contributed by atoms with E-state index in [1.165, 1.54) is 45.3 Å². The second kappa shape index (κ2) is 5.76. The van der Waals surface area contributed by atoms with Crippen LogP contribution in [0.15, 0.2) is 21.2 Å². The van der Waals surface area contributed by atoms with Crippen LogP contribution in [-0.2, 0) is 6.54 Å². The van der Waals surface area contributed by atoms with Gasteiger partial charge in [-0.15, -0.1) is 0 Å². The van der Waals surface area contributed by atoms with Crippen LogP contribution in [0.1, 0.15) is 31.4 Å². The zero-order chi connectivity index (χ0) is 12.4. The van der Waals surface area contributed by atoms with Gasteiger partial charge in [-0.1, -0.05) is 0 Å². The van der Waals surface area contributed by atoms with Gasteiger partial charge in [-0.05, 0) is 66.7 Å². The van der Waals surface area contributed by atoms with Crippen LogP contribution < -0.4 is 5.32 Å². The van der Waals surface area contributed by atoms with Crippen molar-refractivity contribution >= 4 is 15.9 Å². The van der Waals surface area contributed by atoms with E-state index in [0.29, 0.717) is 0 Å². The van der Waals surface area contributed by atoms with E-state index in [1.54, 1.807) is 6.26 Å². The van der Waals surface area contributed by atoms with E-state index in [2.05, 4.69) is 26.1 Å². The van der Waals surface area contributed by atoms with Crippen molar-refractivity contribution < 1.29 is 4.42 Å². The van der Waals surface area contributed by atoms with E-state index in [0.717, 1.165) is 28.7 Å². The molecule has 3 rings (SSSR count). The number of nitrogens with zero attached hydrogens (tertiary/aromatic N) is 1. The Balaban J connectivity index is 1.59. The van der Waals surface area contributed by atoms with Crippen molar-refractivity contribution in [1.82, 2.24) is 10.2 Å². The standard InChI is InChI=1S/C14H21BrN2O/c15-13-5-8-18-14(13)10-17(12-1-2-12)9-11-3-6-16-7-4-11/h5,8,11-12,16H,1-4,6-7,9-10H2. The number of furan rings is 1. The van der Waals surface area contributed by atoms with E-state index in [1.807, 2.05) is 6.07 Å². The van der Waals surface area contributed by atoms with E-state index in [-0.39, 0.29) is 0 Å². The van der Waals surface area contributed by atoms with Gasteiger partial charge in [0.05, 0.1) is 17.3 Å². The van der Waals surface area contributed by atoms with Crippen molar-refractivity contribution in [2.45, 2.75) is 38.3 Å². The summed E-state index contributed by atoms with van der Waals surface area (Å²) in [5.41, 5.74) is 0. The second-order valence-electron chi connectivity index (χ2n) is 5.55. The lowest BCUT2D eigenvalue weighted by atomic mass is 9.97. The molecular formula is C14H21BrN2O. The van der Waals surface area contributed by atoms with Gasteiger partial charge < -0.3 is 9.73 Å². The van der Waals surface area contributed by atoms with Gasteiger partial charge in [-0.3, -0.25) is 4.90 Å². The summed E-state index contributed by atoms with van der Waals surface area (Å²) in [6, 6.07) is 2.79. The molecule has 1 N–H and O–H groups in total.